The number of aryl methyl sites for hydroxylation is 1. The van der Waals surface area contributed by atoms with Crippen LogP contribution in [0.3, 0.4) is 0 Å². The van der Waals surface area contributed by atoms with Gasteiger partial charge in [0, 0.05) is 13.0 Å². The Kier molecular flexibility index (Phi) is 2.99. The van der Waals surface area contributed by atoms with Crippen LogP contribution in [-0.2, 0) is 7.05 Å². The summed E-state index contributed by atoms with van der Waals surface area (Å²) in [5.41, 5.74) is 2.51. The fourth-order valence-corrected chi connectivity index (χ4v) is 3.23. The van der Waals surface area contributed by atoms with E-state index >= 15 is 0 Å². The van der Waals surface area contributed by atoms with E-state index < -0.39 is 0 Å². The molecule has 0 saturated carbocycles. The minimum Gasteiger partial charge on any atom is -0.317 e. The molecule has 90 valence electrons. The lowest BCUT2D eigenvalue weighted by atomic mass is 9.94. The highest BCUT2D eigenvalue weighted by Crippen LogP contribution is 2.30. The molecule has 0 aliphatic carbocycles. The molecule has 1 fully saturated rings. The number of nitrogens with one attached hydrogen (secondary N) is 1. The van der Waals surface area contributed by atoms with Gasteiger partial charge < -0.3 is 5.32 Å². The fourth-order valence-electron chi connectivity index (χ4n) is 2.46. The Morgan fingerprint density at radius 2 is 2.24 bits per heavy atom. The second kappa shape index (κ2) is 4.63. The Hall–Kier alpha value is -1.13. The quantitative estimate of drug-likeness (QED) is 0.884. The van der Waals surface area contributed by atoms with Crippen LogP contribution in [0, 0.1) is 0 Å². The summed E-state index contributed by atoms with van der Waals surface area (Å²) in [6.45, 7) is 2.24. The number of nitrogens with zero attached hydrogens (tertiary/aromatic N) is 2. The van der Waals surface area contributed by atoms with Gasteiger partial charge in [0.15, 0.2) is 0 Å². The molecular formula is C13H17N3S. The lowest BCUT2D eigenvalue weighted by molar-refractivity contribution is 0.450. The van der Waals surface area contributed by atoms with Crippen molar-refractivity contribution in [3.8, 4) is 10.6 Å². The Morgan fingerprint density at radius 1 is 1.41 bits per heavy atom. The van der Waals surface area contributed by atoms with E-state index in [0.29, 0.717) is 5.92 Å². The minimum absolute atomic E-state index is 0.635. The van der Waals surface area contributed by atoms with Crippen molar-refractivity contribution in [3.63, 3.8) is 0 Å². The third-order valence-electron chi connectivity index (χ3n) is 3.43. The molecular weight excluding hydrogens is 230 g/mol. The van der Waals surface area contributed by atoms with Gasteiger partial charge >= 0.3 is 0 Å². The predicted molar refractivity (Wildman–Crippen MR) is 71.4 cm³/mol. The molecule has 3 rings (SSSR count). The van der Waals surface area contributed by atoms with Crippen LogP contribution in [0.1, 0.15) is 24.5 Å². The van der Waals surface area contributed by atoms with E-state index in [9.17, 15) is 0 Å². The summed E-state index contributed by atoms with van der Waals surface area (Å²) in [5, 5.41) is 10.2. The zero-order chi connectivity index (χ0) is 11.7. The molecule has 0 spiro atoms. The number of hydrogen-bond acceptors (Lipinski definition) is 3. The molecule has 3 nitrogen and oxygen atoms in total. The van der Waals surface area contributed by atoms with Crippen LogP contribution in [-0.4, -0.2) is 22.9 Å². The standard InChI is InChI=1S/C13H17N3S/c1-16-12(13-3-2-8-17-13)9-11(15-16)10-4-6-14-7-5-10/h2-3,8-10,14H,4-7H2,1H3. The molecule has 2 aromatic heterocycles. The van der Waals surface area contributed by atoms with Gasteiger partial charge in [0.25, 0.3) is 0 Å². The van der Waals surface area contributed by atoms with Crippen molar-refractivity contribution in [1.82, 2.24) is 15.1 Å². The van der Waals surface area contributed by atoms with Gasteiger partial charge in [0.2, 0.25) is 0 Å². The lowest BCUT2D eigenvalue weighted by Gasteiger charge is -2.20. The molecule has 17 heavy (non-hydrogen) atoms. The third-order valence-corrected chi connectivity index (χ3v) is 4.32. The Morgan fingerprint density at radius 3 is 2.94 bits per heavy atom. The largest absolute Gasteiger partial charge is 0.317 e. The van der Waals surface area contributed by atoms with Crippen LogP contribution < -0.4 is 5.32 Å². The lowest BCUT2D eigenvalue weighted by Crippen LogP contribution is -2.26. The molecule has 0 bridgehead atoms. The number of hydrogen-bond donors (Lipinski definition) is 1. The number of rotatable bonds is 2. The van der Waals surface area contributed by atoms with Crippen LogP contribution in [0.5, 0.6) is 0 Å². The van der Waals surface area contributed by atoms with Crippen molar-refractivity contribution >= 4 is 11.3 Å². The van der Waals surface area contributed by atoms with Crippen molar-refractivity contribution in [2.24, 2.45) is 7.05 Å². The van der Waals surface area contributed by atoms with Gasteiger partial charge in [-0.3, -0.25) is 4.68 Å². The first-order valence-electron chi connectivity index (χ1n) is 6.13. The van der Waals surface area contributed by atoms with Gasteiger partial charge in [-0.1, -0.05) is 6.07 Å². The van der Waals surface area contributed by atoms with E-state index in [1.807, 2.05) is 11.7 Å². The summed E-state index contributed by atoms with van der Waals surface area (Å²) >= 11 is 1.78. The monoisotopic (exact) mass is 247 g/mol. The van der Waals surface area contributed by atoms with E-state index in [-0.39, 0.29) is 0 Å². The molecule has 1 N–H and O–H groups in total. The molecule has 1 aliphatic heterocycles. The molecule has 0 radical (unpaired) electrons. The second-order valence-electron chi connectivity index (χ2n) is 4.58. The average Bonchev–Trinajstić information content (AvgIpc) is 2.99. The second-order valence-corrected chi connectivity index (χ2v) is 5.53. The van der Waals surface area contributed by atoms with Crippen LogP contribution in [0.15, 0.2) is 23.6 Å². The maximum Gasteiger partial charge on any atom is 0.0781 e. The van der Waals surface area contributed by atoms with Crippen molar-refractivity contribution in [2.75, 3.05) is 13.1 Å². The van der Waals surface area contributed by atoms with E-state index in [4.69, 9.17) is 0 Å². The Bertz CT molecular complexity index is 481. The first-order chi connectivity index (χ1) is 8.34. The molecule has 1 saturated heterocycles. The summed E-state index contributed by atoms with van der Waals surface area (Å²) in [7, 11) is 2.04. The highest BCUT2D eigenvalue weighted by Gasteiger charge is 2.19. The minimum atomic E-state index is 0.635. The normalized spacial score (nSPS) is 17.5. The zero-order valence-corrected chi connectivity index (χ0v) is 10.8. The first kappa shape index (κ1) is 11.0. The zero-order valence-electron chi connectivity index (χ0n) is 10.0. The maximum absolute atomic E-state index is 4.69. The summed E-state index contributed by atoms with van der Waals surface area (Å²) in [4.78, 5) is 1.31. The van der Waals surface area contributed by atoms with Gasteiger partial charge in [0.05, 0.1) is 16.3 Å². The van der Waals surface area contributed by atoms with Gasteiger partial charge in [-0.2, -0.15) is 5.10 Å². The van der Waals surface area contributed by atoms with E-state index in [1.54, 1.807) is 11.3 Å². The fraction of sp³-hybridized carbons (Fsp3) is 0.462. The Labute approximate surface area is 105 Å². The summed E-state index contributed by atoms with van der Waals surface area (Å²) in [5.74, 6) is 0.635. The van der Waals surface area contributed by atoms with Gasteiger partial charge in [-0.05, 0) is 43.4 Å². The van der Waals surface area contributed by atoms with Crippen molar-refractivity contribution in [1.29, 1.82) is 0 Å². The number of piperidine rings is 1. The van der Waals surface area contributed by atoms with Gasteiger partial charge in [-0.25, -0.2) is 0 Å². The average molecular weight is 247 g/mol. The molecule has 3 heterocycles. The summed E-state index contributed by atoms with van der Waals surface area (Å²) in [6, 6.07) is 6.52. The van der Waals surface area contributed by atoms with Gasteiger partial charge in [0.1, 0.15) is 0 Å². The SMILES string of the molecule is Cn1nc(C2CCNCC2)cc1-c1cccs1. The third kappa shape index (κ3) is 2.15. The maximum atomic E-state index is 4.69. The van der Waals surface area contributed by atoms with Crippen LogP contribution >= 0.6 is 11.3 Å². The summed E-state index contributed by atoms with van der Waals surface area (Å²) in [6.07, 6.45) is 2.42. The molecule has 0 unspecified atom stereocenters. The van der Waals surface area contributed by atoms with Crippen LogP contribution in [0.25, 0.3) is 10.6 Å². The number of thiophene rings is 1. The summed E-state index contributed by atoms with van der Waals surface area (Å²) < 4.78 is 2.02. The highest BCUT2D eigenvalue weighted by atomic mass is 32.1. The van der Waals surface area contributed by atoms with Crippen LogP contribution in [0.4, 0.5) is 0 Å². The molecule has 0 atom stereocenters. The van der Waals surface area contributed by atoms with Gasteiger partial charge in [-0.15, -0.1) is 11.3 Å². The predicted octanol–water partition coefficient (Wildman–Crippen LogP) is 2.62. The van der Waals surface area contributed by atoms with Crippen LogP contribution in [0.2, 0.25) is 0 Å². The molecule has 0 amide bonds. The van der Waals surface area contributed by atoms with Crippen molar-refractivity contribution < 1.29 is 0 Å². The highest BCUT2D eigenvalue weighted by molar-refractivity contribution is 7.13. The van der Waals surface area contributed by atoms with Crippen molar-refractivity contribution in [2.45, 2.75) is 18.8 Å². The van der Waals surface area contributed by atoms with E-state index in [2.05, 4.69) is 34.0 Å². The smallest absolute Gasteiger partial charge is 0.0781 e. The first-order valence-corrected chi connectivity index (χ1v) is 7.01. The number of aromatic nitrogens is 2. The molecule has 4 heteroatoms. The van der Waals surface area contributed by atoms with E-state index in [0.717, 1.165) is 13.1 Å². The topological polar surface area (TPSA) is 29.9 Å². The van der Waals surface area contributed by atoms with Crippen molar-refractivity contribution in [3.05, 3.63) is 29.3 Å². The molecule has 0 aromatic carbocycles. The van der Waals surface area contributed by atoms with E-state index in [1.165, 1.54) is 29.1 Å². The molecule has 1 aliphatic rings. The molecule has 2 aromatic rings. The Balaban J connectivity index is 1.90.